The first-order chi connectivity index (χ1) is 29.5. The van der Waals surface area contributed by atoms with Gasteiger partial charge in [-0.2, -0.15) is 0 Å². The number of nitrogens with zero attached hydrogens (tertiary/aromatic N) is 1. The van der Waals surface area contributed by atoms with Gasteiger partial charge in [0.1, 0.15) is 0 Å². The molecular weight excluding hydrogens is 723 g/mol. The van der Waals surface area contributed by atoms with E-state index in [1.165, 1.54) is 120 Å². The first kappa shape index (κ1) is 33.5. The Bertz CT molecular complexity index is 3730. The standard InChI is InChI=1S/C59H39N/c1-59(2)50-26-6-5-19-48(50)58-51(59)27-12-28-52(58)60(41-33-31-37(32-34-41)43-20-7-14-36-13-3-4-18-42(36)43)53-35-40-17-10-23-45-44-21-8-15-38-29-30-39-16-9-22-46(55(39)54(38)44)47-24-11-25-49(53)57(47)56(40)45/h3-35H,1-2H3. The van der Waals surface area contributed by atoms with Crippen LogP contribution in [-0.2, 0) is 5.41 Å². The van der Waals surface area contributed by atoms with Crippen molar-refractivity contribution in [2.24, 2.45) is 0 Å². The molecule has 0 spiro atoms. The molecule has 0 N–H and O–H groups in total. The van der Waals surface area contributed by atoms with Crippen LogP contribution in [-0.4, -0.2) is 0 Å². The van der Waals surface area contributed by atoms with Gasteiger partial charge in [-0.15, -0.1) is 0 Å². The molecule has 280 valence electrons. The second kappa shape index (κ2) is 12.3. The summed E-state index contributed by atoms with van der Waals surface area (Å²) in [6.45, 7) is 4.75. The van der Waals surface area contributed by atoms with Crippen molar-refractivity contribution in [3.63, 3.8) is 0 Å². The normalized spacial score (nSPS) is 13.3. The first-order valence-electron chi connectivity index (χ1n) is 21.1. The Morgan fingerprint density at radius 1 is 0.333 bits per heavy atom. The minimum atomic E-state index is -0.135. The maximum Gasteiger partial charge on any atom is 0.0546 e. The Kier molecular flexibility index (Phi) is 6.85. The zero-order chi connectivity index (χ0) is 39.7. The summed E-state index contributed by atoms with van der Waals surface area (Å²) < 4.78 is 0. The molecular formula is C59H39N. The lowest BCUT2D eigenvalue weighted by atomic mass is 9.82. The van der Waals surface area contributed by atoms with Crippen LogP contribution >= 0.6 is 0 Å². The summed E-state index contributed by atoms with van der Waals surface area (Å²) in [6.07, 6.45) is 0. The van der Waals surface area contributed by atoms with Gasteiger partial charge in [-0.25, -0.2) is 0 Å². The highest BCUT2D eigenvalue weighted by molar-refractivity contribution is 6.38. The Morgan fingerprint density at radius 3 is 1.58 bits per heavy atom. The fraction of sp³-hybridized carbons (Fsp3) is 0.0508. The molecule has 1 aliphatic rings. The molecule has 13 rings (SSSR count). The number of hydrogen-bond donors (Lipinski definition) is 0. The molecule has 1 nitrogen and oxygen atoms in total. The van der Waals surface area contributed by atoms with E-state index in [9.17, 15) is 0 Å². The molecule has 60 heavy (non-hydrogen) atoms. The van der Waals surface area contributed by atoms with Crippen molar-refractivity contribution in [3.05, 3.63) is 211 Å². The van der Waals surface area contributed by atoms with Crippen molar-refractivity contribution in [2.45, 2.75) is 19.3 Å². The molecule has 12 aromatic rings. The summed E-state index contributed by atoms with van der Waals surface area (Å²) in [7, 11) is 0. The monoisotopic (exact) mass is 761 g/mol. The van der Waals surface area contributed by atoms with Gasteiger partial charge in [0.25, 0.3) is 0 Å². The summed E-state index contributed by atoms with van der Waals surface area (Å²) in [5.41, 5.74) is 11.2. The van der Waals surface area contributed by atoms with Gasteiger partial charge in [0.2, 0.25) is 0 Å². The lowest BCUT2D eigenvalue weighted by Gasteiger charge is -2.31. The largest absolute Gasteiger partial charge is 0.309 e. The Hall–Kier alpha value is -7.48. The van der Waals surface area contributed by atoms with E-state index >= 15 is 0 Å². The van der Waals surface area contributed by atoms with E-state index in [1.807, 2.05) is 0 Å². The van der Waals surface area contributed by atoms with Crippen LogP contribution in [0.5, 0.6) is 0 Å². The molecule has 0 amide bonds. The molecule has 0 heterocycles. The predicted molar refractivity (Wildman–Crippen MR) is 258 cm³/mol. The molecule has 1 aliphatic carbocycles. The van der Waals surface area contributed by atoms with E-state index in [0.29, 0.717) is 0 Å². The van der Waals surface area contributed by atoms with E-state index in [1.54, 1.807) is 0 Å². The maximum absolute atomic E-state index is 2.56. The summed E-state index contributed by atoms with van der Waals surface area (Å²) in [6, 6.07) is 75.2. The molecule has 0 fully saturated rings. The van der Waals surface area contributed by atoms with Gasteiger partial charge in [-0.05, 0) is 117 Å². The maximum atomic E-state index is 2.56. The molecule has 0 aromatic heterocycles. The van der Waals surface area contributed by atoms with Crippen LogP contribution in [0.15, 0.2) is 200 Å². The zero-order valence-electron chi connectivity index (χ0n) is 33.5. The van der Waals surface area contributed by atoms with Crippen LogP contribution in [0, 0.1) is 0 Å². The summed E-state index contributed by atoms with van der Waals surface area (Å²) >= 11 is 0. The third-order valence-corrected chi connectivity index (χ3v) is 13.7. The number of hydrogen-bond acceptors (Lipinski definition) is 1. The van der Waals surface area contributed by atoms with Crippen LogP contribution in [0.25, 0.3) is 97.7 Å². The Morgan fingerprint density at radius 2 is 0.833 bits per heavy atom. The van der Waals surface area contributed by atoms with Gasteiger partial charge in [0.15, 0.2) is 0 Å². The molecule has 0 saturated heterocycles. The van der Waals surface area contributed by atoms with Crippen molar-refractivity contribution in [1.82, 2.24) is 0 Å². The van der Waals surface area contributed by atoms with E-state index in [2.05, 4.69) is 219 Å². The van der Waals surface area contributed by atoms with Crippen molar-refractivity contribution in [2.75, 3.05) is 4.90 Å². The molecule has 0 bridgehead atoms. The van der Waals surface area contributed by atoms with Crippen molar-refractivity contribution >= 4 is 92.5 Å². The summed E-state index contributed by atoms with van der Waals surface area (Å²) in [5, 5.41) is 17.9. The highest BCUT2D eigenvalue weighted by Gasteiger charge is 2.38. The van der Waals surface area contributed by atoms with Gasteiger partial charge >= 0.3 is 0 Å². The van der Waals surface area contributed by atoms with Gasteiger partial charge in [0.05, 0.1) is 11.4 Å². The smallest absolute Gasteiger partial charge is 0.0546 e. The van der Waals surface area contributed by atoms with Gasteiger partial charge in [-0.3, -0.25) is 0 Å². The number of anilines is 3. The van der Waals surface area contributed by atoms with Crippen molar-refractivity contribution in [1.29, 1.82) is 0 Å². The van der Waals surface area contributed by atoms with E-state index in [0.717, 1.165) is 5.69 Å². The molecule has 12 aromatic carbocycles. The van der Waals surface area contributed by atoms with Crippen LogP contribution in [0.4, 0.5) is 17.1 Å². The third kappa shape index (κ3) is 4.52. The molecule has 0 radical (unpaired) electrons. The predicted octanol–water partition coefficient (Wildman–Crippen LogP) is 16.6. The topological polar surface area (TPSA) is 3.24 Å². The zero-order valence-corrected chi connectivity index (χ0v) is 33.5. The molecule has 0 saturated carbocycles. The second-order valence-corrected chi connectivity index (χ2v) is 17.2. The lowest BCUT2D eigenvalue weighted by Crippen LogP contribution is -2.16. The fourth-order valence-electron chi connectivity index (χ4n) is 11.1. The number of benzene rings is 11. The minimum Gasteiger partial charge on any atom is -0.309 e. The molecule has 1 heteroatoms. The number of fused-ring (bicyclic) bond motifs is 6. The molecule has 0 unspecified atom stereocenters. The number of rotatable bonds is 4. The third-order valence-electron chi connectivity index (χ3n) is 13.7. The van der Waals surface area contributed by atoms with Crippen LogP contribution < -0.4 is 4.90 Å². The molecule has 0 aliphatic heterocycles. The average molecular weight is 762 g/mol. The van der Waals surface area contributed by atoms with Crippen molar-refractivity contribution < 1.29 is 0 Å². The van der Waals surface area contributed by atoms with Crippen LogP contribution in [0.3, 0.4) is 0 Å². The molecule has 0 atom stereocenters. The van der Waals surface area contributed by atoms with E-state index in [4.69, 9.17) is 0 Å². The Balaban J connectivity index is 1.17. The summed E-state index contributed by atoms with van der Waals surface area (Å²) in [4.78, 5) is 2.56. The van der Waals surface area contributed by atoms with Crippen LogP contribution in [0.1, 0.15) is 25.0 Å². The SMILES string of the molecule is CC1(C)c2ccccc2-c2c(N(c3ccc(-c4cccc5ccccc45)cc3)c3cc4cccc5c6cccc7ccc8cccc(c9cccc3c9c45)c8c76)cccc21. The second-order valence-electron chi connectivity index (χ2n) is 17.2. The van der Waals surface area contributed by atoms with Crippen LogP contribution in [0.2, 0.25) is 0 Å². The van der Waals surface area contributed by atoms with Gasteiger partial charge < -0.3 is 4.90 Å². The van der Waals surface area contributed by atoms with Gasteiger partial charge in [-0.1, -0.05) is 190 Å². The summed E-state index contributed by atoms with van der Waals surface area (Å²) in [5.74, 6) is 0. The van der Waals surface area contributed by atoms with E-state index in [-0.39, 0.29) is 5.41 Å². The fourth-order valence-corrected chi connectivity index (χ4v) is 11.1. The average Bonchev–Trinajstić information content (AvgIpc) is 3.54. The highest BCUT2D eigenvalue weighted by atomic mass is 15.1. The highest BCUT2D eigenvalue weighted by Crippen LogP contribution is 2.56. The lowest BCUT2D eigenvalue weighted by molar-refractivity contribution is 0.660. The quantitative estimate of drug-likeness (QED) is 0.161. The van der Waals surface area contributed by atoms with E-state index < -0.39 is 0 Å². The first-order valence-corrected chi connectivity index (χ1v) is 21.1. The minimum absolute atomic E-state index is 0.135. The van der Waals surface area contributed by atoms with Gasteiger partial charge in [0, 0.05) is 27.4 Å². The Labute approximate surface area is 348 Å². The van der Waals surface area contributed by atoms with Crippen molar-refractivity contribution in [3.8, 4) is 22.3 Å².